The van der Waals surface area contributed by atoms with Gasteiger partial charge in [0.05, 0.1) is 0 Å². The van der Waals surface area contributed by atoms with Crippen molar-refractivity contribution in [2.45, 2.75) is 44.9 Å². The molecule has 1 amide bonds. The van der Waals surface area contributed by atoms with E-state index < -0.39 is 0 Å². The second kappa shape index (κ2) is 5.82. The molecule has 20 heavy (non-hydrogen) atoms. The quantitative estimate of drug-likeness (QED) is 0.762. The number of amides is 1. The Morgan fingerprint density at radius 3 is 2.25 bits per heavy atom. The molecular weight excluding hydrogens is 246 g/mol. The fourth-order valence-electron chi connectivity index (χ4n) is 3.09. The van der Waals surface area contributed by atoms with Gasteiger partial charge in [-0.05, 0) is 37.2 Å². The molecule has 2 fully saturated rings. The molecule has 1 atom stereocenters. The van der Waals surface area contributed by atoms with Gasteiger partial charge in [0.2, 0.25) is 5.91 Å². The first-order valence-corrected chi connectivity index (χ1v) is 7.76. The SMILES string of the molecule is CC(CC(=O)N1CCC(=C2CC2)CC1)c1ccccc1. The number of carbonyl (C=O) groups excluding carboxylic acids is 1. The first-order chi connectivity index (χ1) is 9.74. The van der Waals surface area contributed by atoms with Crippen LogP contribution in [0.2, 0.25) is 0 Å². The number of rotatable bonds is 3. The molecule has 1 saturated heterocycles. The molecule has 0 aromatic heterocycles. The average Bonchev–Trinajstić information content (AvgIpc) is 3.33. The minimum Gasteiger partial charge on any atom is -0.342 e. The predicted octanol–water partition coefficient (Wildman–Crippen LogP) is 3.89. The van der Waals surface area contributed by atoms with E-state index in [1.807, 2.05) is 18.2 Å². The van der Waals surface area contributed by atoms with Crippen molar-refractivity contribution >= 4 is 5.91 Å². The minimum absolute atomic E-state index is 0.312. The zero-order chi connectivity index (χ0) is 13.9. The predicted molar refractivity (Wildman–Crippen MR) is 81.5 cm³/mol. The second-order valence-electron chi connectivity index (χ2n) is 6.10. The number of likely N-dealkylation sites (tertiary alicyclic amines) is 1. The van der Waals surface area contributed by atoms with Crippen LogP contribution >= 0.6 is 0 Å². The van der Waals surface area contributed by atoms with Crippen molar-refractivity contribution in [1.82, 2.24) is 4.90 Å². The van der Waals surface area contributed by atoms with Gasteiger partial charge in [-0.25, -0.2) is 0 Å². The van der Waals surface area contributed by atoms with Crippen LogP contribution in [-0.2, 0) is 4.79 Å². The van der Waals surface area contributed by atoms with Crippen molar-refractivity contribution < 1.29 is 4.79 Å². The molecule has 1 aliphatic heterocycles. The molecule has 2 aliphatic rings. The van der Waals surface area contributed by atoms with E-state index in [9.17, 15) is 4.79 Å². The fraction of sp³-hybridized carbons (Fsp3) is 0.500. The van der Waals surface area contributed by atoms with Gasteiger partial charge in [-0.1, -0.05) is 48.4 Å². The molecule has 0 bridgehead atoms. The van der Waals surface area contributed by atoms with Gasteiger partial charge in [-0.2, -0.15) is 0 Å². The molecule has 2 nitrogen and oxygen atoms in total. The van der Waals surface area contributed by atoms with Gasteiger partial charge in [-0.15, -0.1) is 0 Å². The molecule has 1 heterocycles. The topological polar surface area (TPSA) is 20.3 Å². The van der Waals surface area contributed by atoms with E-state index in [-0.39, 0.29) is 0 Å². The summed E-state index contributed by atoms with van der Waals surface area (Å²) >= 11 is 0. The molecule has 1 unspecified atom stereocenters. The van der Waals surface area contributed by atoms with Crippen molar-refractivity contribution in [3.05, 3.63) is 47.0 Å². The normalized spacial score (nSPS) is 19.9. The van der Waals surface area contributed by atoms with Crippen molar-refractivity contribution in [2.75, 3.05) is 13.1 Å². The summed E-state index contributed by atoms with van der Waals surface area (Å²) < 4.78 is 0. The van der Waals surface area contributed by atoms with Crippen molar-refractivity contribution in [2.24, 2.45) is 0 Å². The Balaban J connectivity index is 1.53. The number of piperidine rings is 1. The zero-order valence-electron chi connectivity index (χ0n) is 12.3. The van der Waals surface area contributed by atoms with E-state index in [0.29, 0.717) is 18.2 Å². The standard InChI is InChI=1S/C18H23NO/c1-14(15-5-3-2-4-6-15)13-18(20)19-11-9-17(10-12-19)16-7-8-16/h2-6,14H,7-13H2,1H3. The lowest BCUT2D eigenvalue weighted by atomic mass is 9.96. The number of nitrogens with zero attached hydrogens (tertiary/aromatic N) is 1. The molecule has 3 rings (SSSR count). The average molecular weight is 269 g/mol. The molecule has 1 aromatic rings. The summed E-state index contributed by atoms with van der Waals surface area (Å²) in [5.74, 6) is 0.632. The van der Waals surface area contributed by atoms with Crippen molar-refractivity contribution in [1.29, 1.82) is 0 Å². The highest BCUT2D eigenvalue weighted by Crippen LogP contribution is 2.36. The lowest BCUT2D eigenvalue weighted by Gasteiger charge is -2.29. The third-order valence-electron chi connectivity index (χ3n) is 4.57. The third-order valence-corrected chi connectivity index (χ3v) is 4.57. The minimum atomic E-state index is 0.312. The number of hydrogen-bond acceptors (Lipinski definition) is 1. The van der Waals surface area contributed by atoms with Crippen LogP contribution in [0.4, 0.5) is 0 Å². The maximum absolute atomic E-state index is 12.4. The third kappa shape index (κ3) is 3.12. The summed E-state index contributed by atoms with van der Waals surface area (Å²) in [6, 6.07) is 10.3. The summed E-state index contributed by atoms with van der Waals surface area (Å²) in [7, 11) is 0. The fourth-order valence-corrected chi connectivity index (χ4v) is 3.09. The summed E-state index contributed by atoms with van der Waals surface area (Å²) in [6.45, 7) is 4.01. The van der Waals surface area contributed by atoms with E-state index >= 15 is 0 Å². The van der Waals surface area contributed by atoms with Gasteiger partial charge in [0.15, 0.2) is 0 Å². The maximum Gasteiger partial charge on any atom is 0.223 e. The van der Waals surface area contributed by atoms with E-state index in [1.165, 1.54) is 18.4 Å². The Bertz CT molecular complexity index is 501. The van der Waals surface area contributed by atoms with Gasteiger partial charge < -0.3 is 4.90 Å². The Morgan fingerprint density at radius 2 is 1.65 bits per heavy atom. The van der Waals surface area contributed by atoms with Gasteiger partial charge >= 0.3 is 0 Å². The van der Waals surface area contributed by atoms with Crippen LogP contribution in [0.3, 0.4) is 0 Å². The summed E-state index contributed by atoms with van der Waals surface area (Å²) in [5, 5.41) is 0. The van der Waals surface area contributed by atoms with E-state index in [4.69, 9.17) is 0 Å². The Kier molecular flexibility index (Phi) is 3.90. The number of benzene rings is 1. The van der Waals surface area contributed by atoms with Crippen LogP contribution in [0.25, 0.3) is 0 Å². The second-order valence-corrected chi connectivity index (χ2v) is 6.10. The Hall–Kier alpha value is -1.57. The Morgan fingerprint density at radius 1 is 1.05 bits per heavy atom. The number of carbonyl (C=O) groups is 1. The Labute approximate surface area is 121 Å². The van der Waals surface area contributed by atoms with Crippen LogP contribution in [0.15, 0.2) is 41.5 Å². The van der Waals surface area contributed by atoms with Crippen LogP contribution < -0.4 is 0 Å². The first kappa shape index (κ1) is 13.4. The van der Waals surface area contributed by atoms with Gasteiger partial charge in [0.25, 0.3) is 0 Å². The van der Waals surface area contributed by atoms with E-state index in [0.717, 1.165) is 25.9 Å². The van der Waals surface area contributed by atoms with Crippen LogP contribution in [0.5, 0.6) is 0 Å². The molecule has 1 aliphatic carbocycles. The van der Waals surface area contributed by atoms with Gasteiger partial charge in [-0.3, -0.25) is 4.79 Å². The highest BCUT2D eigenvalue weighted by atomic mass is 16.2. The zero-order valence-corrected chi connectivity index (χ0v) is 12.3. The molecule has 0 radical (unpaired) electrons. The van der Waals surface area contributed by atoms with Crippen molar-refractivity contribution in [3.63, 3.8) is 0 Å². The lowest BCUT2D eigenvalue weighted by Crippen LogP contribution is -2.36. The van der Waals surface area contributed by atoms with Crippen LogP contribution in [0.1, 0.15) is 50.5 Å². The molecule has 1 aromatic carbocycles. The highest BCUT2D eigenvalue weighted by Gasteiger charge is 2.25. The van der Waals surface area contributed by atoms with Crippen LogP contribution in [-0.4, -0.2) is 23.9 Å². The molecule has 0 spiro atoms. The largest absolute Gasteiger partial charge is 0.342 e. The van der Waals surface area contributed by atoms with Gasteiger partial charge in [0, 0.05) is 19.5 Å². The molecule has 106 valence electrons. The van der Waals surface area contributed by atoms with E-state index in [2.05, 4.69) is 24.0 Å². The summed E-state index contributed by atoms with van der Waals surface area (Å²) in [6.07, 6.45) is 5.49. The number of hydrogen-bond donors (Lipinski definition) is 0. The molecular formula is C18H23NO. The maximum atomic E-state index is 12.4. The summed E-state index contributed by atoms with van der Waals surface area (Å²) in [4.78, 5) is 14.4. The highest BCUT2D eigenvalue weighted by molar-refractivity contribution is 5.77. The summed E-state index contributed by atoms with van der Waals surface area (Å²) in [5.41, 5.74) is 4.58. The van der Waals surface area contributed by atoms with Gasteiger partial charge in [0.1, 0.15) is 0 Å². The molecule has 1 saturated carbocycles. The van der Waals surface area contributed by atoms with Crippen molar-refractivity contribution in [3.8, 4) is 0 Å². The number of allylic oxidation sites excluding steroid dienone is 1. The smallest absolute Gasteiger partial charge is 0.223 e. The monoisotopic (exact) mass is 269 g/mol. The molecule has 2 heteroatoms. The van der Waals surface area contributed by atoms with E-state index in [1.54, 1.807) is 11.1 Å². The lowest BCUT2D eigenvalue weighted by molar-refractivity contribution is -0.132. The van der Waals surface area contributed by atoms with Crippen LogP contribution in [0, 0.1) is 0 Å². The first-order valence-electron chi connectivity index (χ1n) is 7.76. The molecule has 0 N–H and O–H groups in total.